The van der Waals surface area contributed by atoms with E-state index >= 15 is 0 Å². The molecular formula is C40H35Br2N5O10W2. The largest absolute Gasteiger partial charge is 2.00 e. The standard InChI is InChI=1S/C8H7NO2.2C7H4BrNO2.2C7H5NO2.C2H6.2CH3.2W/c1-5-4-6-7(11-5)2-3-9-8(6)10;2*8-6-3-4-5(11-6)1-2-9-7(4)10;2*9-7-5-2-4-10-6(5)1-3-8-7;1-2;;;;/h2-4H,1H3,(H,9,10);2*1-3H,(H,9,10);2*1-4H,(H,8,9);1-2H3;2*1H3;;/q;;;;;;2*-1;2*+2/p-2. The van der Waals surface area contributed by atoms with Gasteiger partial charge in [-0.3, -0.25) is 14.4 Å². The Balaban J connectivity index is 0.000000359. The summed E-state index contributed by atoms with van der Waals surface area (Å²) in [6.45, 7) is 5.82. The molecule has 19 heteroatoms. The van der Waals surface area contributed by atoms with Crippen molar-refractivity contribution in [2.75, 3.05) is 0 Å². The third-order valence-electron chi connectivity index (χ3n) is 7.11. The Hall–Kier alpha value is -5.21. The number of hydrogen-bond acceptors (Lipinski definition) is 10. The molecule has 306 valence electrons. The average molecular weight is 1270 g/mol. The molecule has 0 aliphatic heterocycles. The Kier molecular flexibility index (Phi) is 21.6. The van der Waals surface area contributed by atoms with Gasteiger partial charge in [0.2, 0.25) is 0 Å². The number of aromatic nitrogens is 5. The molecule has 59 heavy (non-hydrogen) atoms. The van der Waals surface area contributed by atoms with Crippen molar-refractivity contribution in [2.24, 2.45) is 0 Å². The summed E-state index contributed by atoms with van der Waals surface area (Å²) in [5.41, 5.74) is 2.22. The number of rotatable bonds is 0. The zero-order valence-electron chi connectivity index (χ0n) is 31.9. The van der Waals surface area contributed by atoms with Gasteiger partial charge in [-0.1, -0.05) is 13.8 Å². The first-order valence-electron chi connectivity index (χ1n) is 16.2. The summed E-state index contributed by atoms with van der Waals surface area (Å²) in [7, 11) is 0. The Morgan fingerprint density at radius 1 is 0.492 bits per heavy atom. The van der Waals surface area contributed by atoms with E-state index in [2.05, 4.69) is 56.8 Å². The van der Waals surface area contributed by atoms with Gasteiger partial charge in [-0.15, -0.1) is 0 Å². The van der Waals surface area contributed by atoms with Crippen molar-refractivity contribution in [3.63, 3.8) is 0 Å². The zero-order valence-corrected chi connectivity index (χ0v) is 40.9. The van der Waals surface area contributed by atoms with Crippen LogP contribution in [0.25, 0.3) is 54.8 Å². The van der Waals surface area contributed by atoms with Gasteiger partial charge in [0.1, 0.15) is 33.7 Å². The van der Waals surface area contributed by atoms with Gasteiger partial charge in [0.25, 0.3) is 16.7 Å². The molecule has 0 spiro atoms. The van der Waals surface area contributed by atoms with E-state index in [9.17, 15) is 24.0 Å². The number of aromatic amines is 3. The summed E-state index contributed by atoms with van der Waals surface area (Å²) >= 11 is 6.26. The number of pyridine rings is 5. The van der Waals surface area contributed by atoms with Gasteiger partial charge < -0.3 is 71.4 Å². The molecule has 0 fully saturated rings. The number of halogens is 2. The first-order chi connectivity index (χ1) is 26.6. The monoisotopic (exact) mass is 1270 g/mol. The molecule has 3 N–H and O–H groups in total. The minimum absolute atomic E-state index is 0. The van der Waals surface area contributed by atoms with Gasteiger partial charge >= 0.3 is 42.1 Å². The van der Waals surface area contributed by atoms with Crippen molar-refractivity contribution in [1.82, 2.24) is 24.9 Å². The summed E-state index contributed by atoms with van der Waals surface area (Å²) < 4.78 is 26.6. The number of nitrogens with zero attached hydrogens (tertiary/aromatic N) is 2. The molecule has 0 bridgehead atoms. The summed E-state index contributed by atoms with van der Waals surface area (Å²) in [4.78, 5) is 69.7. The van der Waals surface area contributed by atoms with Gasteiger partial charge in [-0.05, 0) is 87.3 Å². The number of furan rings is 5. The van der Waals surface area contributed by atoms with Crippen LogP contribution in [0.3, 0.4) is 0 Å². The second-order valence-corrected chi connectivity index (χ2v) is 12.2. The Morgan fingerprint density at radius 2 is 0.881 bits per heavy atom. The molecule has 10 rings (SSSR count). The van der Waals surface area contributed by atoms with Crippen LogP contribution in [0.15, 0.2) is 160 Å². The molecule has 0 aliphatic rings. The van der Waals surface area contributed by atoms with Crippen molar-refractivity contribution < 1.29 is 64.2 Å². The maximum absolute atomic E-state index is 11.1. The van der Waals surface area contributed by atoms with Crippen LogP contribution < -0.4 is 37.8 Å². The fraction of sp³-hybridized carbons (Fsp3) is 0.0750. The van der Waals surface area contributed by atoms with Crippen LogP contribution in [-0.2, 0) is 42.1 Å². The normalized spacial score (nSPS) is 9.58. The van der Waals surface area contributed by atoms with Gasteiger partial charge in [-0.25, -0.2) is 0 Å². The van der Waals surface area contributed by atoms with Crippen LogP contribution in [0.4, 0.5) is 0 Å². The van der Waals surface area contributed by atoms with Crippen LogP contribution in [0.5, 0.6) is 0 Å². The Labute approximate surface area is 379 Å². The second kappa shape index (κ2) is 24.6. The number of H-pyrrole nitrogens is 3. The van der Waals surface area contributed by atoms with E-state index in [1.54, 1.807) is 79.3 Å². The molecule has 0 saturated heterocycles. The number of nitrogens with one attached hydrogen (secondary N) is 3. The summed E-state index contributed by atoms with van der Waals surface area (Å²) in [6.07, 6.45) is 10.5. The maximum Gasteiger partial charge on any atom is 2.00 e. The summed E-state index contributed by atoms with van der Waals surface area (Å²) in [6, 6.07) is 16.7. The molecule has 0 amide bonds. The fourth-order valence-electron chi connectivity index (χ4n) is 4.74. The summed E-state index contributed by atoms with van der Waals surface area (Å²) in [5.74, 6) is 0.761. The van der Waals surface area contributed by atoms with Crippen molar-refractivity contribution in [2.45, 2.75) is 20.8 Å². The topological polar surface area (TPSA) is 227 Å². The minimum atomic E-state index is -0.253. The predicted molar refractivity (Wildman–Crippen MR) is 226 cm³/mol. The average Bonchev–Trinajstić information content (AvgIpc) is 4.02. The van der Waals surface area contributed by atoms with Crippen LogP contribution in [0.1, 0.15) is 19.6 Å². The van der Waals surface area contributed by atoms with Crippen LogP contribution in [0.2, 0.25) is 0 Å². The van der Waals surface area contributed by atoms with Gasteiger partial charge in [-0.2, -0.15) is 12.4 Å². The molecule has 10 heterocycles. The Morgan fingerprint density at radius 3 is 1.36 bits per heavy atom. The quantitative estimate of drug-likeness (QED) is 0.121. The first-order valence-corrected chi connectivity index (χ1v) is 17.8. The number of hydrogen-bond donors (Lipinski definition) is 3. The van der Waals surface area contributed by atoms with Crippen molar-refractivity contribution >= 4 is 86.7 Å². The summed E-state index contributed by atoms with van der Waals surface area (Å²) in [5, 5.41) is 2.84. The van der Waals surface area contributed by atoms with E-state index in [-0.39, 0.29) is 84.8 Å². The van der Waals surface area contributed by atoms with E-state index in [1.807, 2.05) is 20.8 Å². The smallest absolute Gasteiger partial charge is 0.629 e. The molecule has 0 saturated carbocycles. The SMILES string of the molecule is CC.Cc1cc2c(=O)[nH]ccc2o1.O=c1[n-]ccc2oc(Br)cc12.O=c1[n-]ccc2occc12.O=c1[nH]ccc2oc(Br)cc12.O=c1[nH]ccc2occc12.[CH3-].[CH3-].[W+2].[W+2]. The number of aryl methyl sites for hydroxylation is 1. The minimum Gasteiger partial charge on any atom is -0.629 e. The molecule has 0 unspecified atom stereocenters. The second-order valence-electron chi connectivity index (χ2n) is 10.6. The van der Waals surface area contributed by atoms with Crippen LogP contribution in [-0.4, -0.2) is 15.0 Å². The van der Waals surface area contributed by atoms with Gasteiger partial charge in [0.05, 0.1) is 39.8 Å². The molecule has 0 aromatic carbocycles. The molecule has 10 aromatic heterocycles. The number of fused-ring (bicyclic) bond motifs is 5. The Bertz CT molecular complexity index is 2830. The molecule has 15 nitrogen and oxygen atoms in total. The van der Waals surface area contributed by atoms with E-state index in [1.165, 1.54) is 24.9 Å². The van der Waals surface area contributed by atoms with Crippen molar-refractivity contribution in [1.29, 1.82) is 0 Å². The molecule has 0 aliphatic carbocycles. The van der Waals surface area contributed by atoms with E-state index in [0.717, 1.165) is 5.76 Å². The van der Waals surface area contributed by atoms with Crippen LogP contribution in [0, 0.1) is 21.8 Å². The third kappa shape index (κ3) is 13.4. The van der Waals surface area contributed by atoms with Crippen molar-refractivity contribution in [3.05, 3.63) is 186 Å². The van der Waals surface area contributed by atoms with Crippen LogP contribution >= 0.6 is 31.9 Å². The predicted octanol–water partition coefficient (Wildman–Crippen LogP) is 8.62. The molecule has 0 atom stereocenters. The molecular weight excluding hydrogens is 1240 g/mol. The third-order valence-corrected chi connectivity index (χ3v) is 7.89. The first kappa shape index (κ1) is 51.8. The van der Waals surface area contributed by atoms with E-state index in [0.29, 0.717) is 64.2 Å². The molecule has 0 radical (unpaired) electrons. The van der Waals surface area contributed by atoms with Gasteiger partial charge in [0, 0.05) is 41.5 Å². The van der Waals surface area contributed by atoms with Crippen molar-refractivity contribution in [3.8, 4) is 0 Å². The zero-order chi connectivity index (χ0) is 39.5. The fourth-order valence-corrected chi connectivity index (χ4v) is 5.54. The van der Waals surface area contributed by atoms with E-state index in [4.69, 9.17) is 22.1 Å². The maximum atomic E-state index is 11.1. The van der Waals surface area contributed by atoms with Gasteiger partial charge in [0.15, 0.2) is 9.34 Å². The van der Waals surface area contributed by atoms with E-state index < -0.39 is 0 Å². The molecule has 10 aromatic rings.